The van der Waals surface area contributed by atoms with Gasteiger partial charge < -0.3 is 24.3 Å². The van der Waals surface area contributed by atoms with E-state index in [-0.39, 0.29) is 11.8 Å². The maximum atomic E-state index is 13.5. The molecule has 0 unspecified atom stereocenters. The van der Waals surface area contributed by atoms with Gasteiger partial charge in [-0.15, -0.1) is 0 Å². The van der Waals surface area contributed by atoms with Gasteiger partial charge in [-0.2, -0.15) is 0 Å². The van der Waals surface area contributed by atoms with Crippen molar-refractivity contribution in [2.24, 2.45) is 0 Å². The molecule has 0 radical (unpaired) electrons. The molecule has 2 heterocycles. The van der Waals surface area contributed by atoms with E-state index >= 15 is 0 Å². The zero-order valence-corrected chi connectivity index (χ0v) is 19.4. The summed E-state index contributed by atoms with van der Waals surface area (Å²) in [4.78, 5) is 32.7. The SMILES string of the molecule is COc1cccc(OC)c1C(=O)Nc1ccc(C(=O)N2Cc3nccn3Cc3ccccc32)cc1. The lowest BCUT2D eigenvalue weighted by atomic mass is 10.1. The number of imidazole rings is 1. The number of para-hydroxylation sites is 1. The molecule has 176 valence electrons. The smallest absolute Gasteiger partial charge is 0.263 e. The van der Waals surface area contributed by atoms with E-state index < -0.39 is 0 Å². The van der Waals surface area contributed by atoms with Crippen LogP contribution in [0.5, 0.6) is 11.5 Å². The first kappa shape index (κ1) is 22.2. The normalized spacial score (nSPS) is 12.2. The molecule has 2 amide bonds. The molecule has 0 atom stereocenters. The molecule has 0 fully saturated rings. The molecule has 5 rings (SSSR count). The van der Waals surface area contributed by atoms with Crippen LogP contribution in [0.25, 0.3) is 0 Å². The quantitative estimate of drug-likeness (QED) is 0.470. The Morgan fingerprint density at radius 3 is 2.31 bits per heavy atom. The number of amides is 2. The second-order valence-corrected chi connectivity index (χ2v) is 8.06. The molecule has 35 heavy (non-hydrogen) atoms. The number of carbonyl (C=O) groups is 2. The third kappa shape index (κ3) is 4.21. The molecule has 0 aliphatic carbocycles. The molecular formula is C27H24N4O4. The van der Waals surface area contributed by atoms with E-state index in [4.69, 9.17) is 9.47 Å². The fourth-order valence-corrected chi connectivity index (χ4v) is 4.26. The van der Waals surface area contributed by atoms with Gasteiger partial charge in [-0.25, -0.2) is 4.98 Å². The Balaban J connectivity index is 1.39. The topological polar surface area (TPSA) is 85.7 Å². The van der Waals surface area contributed by atoms with Gasteiger partial charge in [0.25, 0.3) is 11.8 Å². The summed E-state index contributed by atoms with van der Waals surface area (Å²) >= 11 is 0. The highest BCUT2D eigenvalue weighted by molar-refractivity contribution is 6.09. The van der Waals surface area contributed by atoms with Crippen LogP contribution in [0.2, 0.25) is 0 Å². The third-order valence-corrected chi connectivity index (χ3v) is 6.01. The minimum absolute atomic E-state index is 0.141. The first-order chi connectivity index (χ1) is 17.1. The Kier molecular flexibility index (Phi) is 5.93. The summed E-state index contributed by atoms with van der Waals surface area (Å²) < 4.78 is 12.7. The minimum atomic E-state index is -0.369. The van der Waals surface area contributed by atoms with Crippen LogP contribution < -0.4 is 19.7 Å². The molecule has 3 aromatic carbocycles. The van der Waals surface area contributed by atoms with Crippen LogP contribution in [-0.4, -0.2) is 35.6 Å². The molecule has 0 spiro atoms. The number of aromatic nitrogens is 2. The highest BCUT2D eigenvalue weighted by Crippen LogP contribution is 2.30. The molecule has 0 bridgehead atoms. The number of carbonyl (C=O) groups excluding carboxylic acids is 2. The second-order valence-electron chi connectivity index (χ2n) is 8.06. The van der Waals surface area contributed by atoms with E-state index in [0.29, 0.717) is 41.4 Å². The number of nitrogens with zero attached hydrogens (tertiary/aromatic N) is 3. The number of benzene rings is 3. The van der Waals surface area contributed by atoms with Gasteiger partial charge in [0.15, 0.2) is 0 Å². The van der Waals surface area contributed by atoms with E-state index in [2.05, 4.69) is 14.9 Å². The number of methoxy groups -OCH3 is 2. The number of anilines is 2. The average molecular weight is 469 g/mol. The van der Waals surface area contributed by atoms with E-state index in [1.54, 1.807) is 53.6 Å². The summed E-state index contributed by atoms with van der Waals surface area (Å²) in [5, 5.41) is 2.85. The Morgan fingerprint density at radius 2 is 1.60 bits per heavy atom. The maximum Gasteiger partial charge on any atom is 0.263 e. The molecule has 1 aliphatic heterocycles. The largest absolute Gasteiger partial charge is 0.496 e. The Bertz CT molecular complexity index is 1370. The molecule has 4 aromatic rings. The number of rotatable bonds is 5. The summed E-state index contributed by atoms with van der Waals surface area (Å²) in [7, 11) is 3.00. The van der Waals surface area contributed by atoms with E-state index in [1.807, 2.05) is 30.5 Å². The van der Waals surface area contributed by atoms with Crippen LogP contribution in [-0.2, 0) is 13.1 Å². The van der Waals surface area contributed by atoms with Crippen LogP contribution in [0.3, 0.4) is 0 Å². The monoisotopic (exact) mass is 468 g/mol. The standard InChI is InChI=1S/C27H24N4O4/c1-34-22-8-5-9-23(35-2)25(22)26(32)29-20-12-10-18(11-13-20)27(33)31-17-24-28-14-15-30(24)16-19-6-3-4-7-21(19)31/h3-15H,16-17H2,1-2H3,(H,29,32). The lowest BCUT2D eigenvalue weighted by molar-refractivity contribution is 0.0983. The van der Waals surface area contributed by atoms with Gasteiger partial charge in [-0.3, -0.25) is 9.59 Å². The van der Waals surface area contributed by atoms with Gasteiger partial charge in [0.05, 0.1) is 27.3 Å². The number of fused-ring (bicyclic) bond motifs is 2. The van der Waals surface area contributed by atoms with Gasteiger partial charge in [-0.05, 0) is 48.0 Å². The van der Waals surface area contributed by atoms with Crippen molar-refractivity contribution in [2.45, 2.75) is 13.1 Å². The second kappa shape index (κ2) is 9.34. The van der Waals surface area contributed by atoms with E-state index in [1.165, 1.54) is 14.2 Å². The van der Waals surface area contributed by atoms with Gasteiger partial charge in [0.2, 0.25) is 0 Å². The van der Waals surface area contributed by atoms with Crippen LogP contribution >= 0.6 is 0 Å². The van der Waals surface area contributed by atoms with Crippen LogP contribution in [0.4, 0.5) is 11.4 Å². The molecule has 1 N–H and O–H groups in total. The predicted molar refractivity (Wildman–Crippen MR) is 132 cm³/mol. The van der Waals surface area contributed by atoms with Crippen LogP contribution in [0.1, 0.15) is 32.1 Å². The fraction of sp³-hybridized carbons (Fsp3) is 0.148. The van der Waals surface area contributed by atoms with Gasteiger partial charge >= 0.3 is 0 Å². The maximum absolute atomic E-state index is 13.5. The van der Waals surface area contributed by atoms with Gasteiger partial charge in [0, 0.05) is 29.3 Å². The Hall–Kier alpha value is -4.59. The van der Waals surface area contributed by atoms with Crippen molar-refractivity contribution in [1.29, 1.82) is 0 Å². The van der Waals surface area contributed by atoms with E-state index in [9.17, 15) is 9.59 Å². The Labute approximate surface area is 202 Å². The number of ether oxygens (including phenoxy) is 2. The lowest BCUT2D eigenvalue weighted by Gasteiger charge is -2.22. The highest BCUT2D eigenvalue weighted by Gasteiger charge is 2.25. The predicted octanol–water partition coefficient (Wildman–Crippen LogP) is 4.36. The number of hydrogen-bond donors (Lipinski definition) is 1. The Morgan fingerprint density at radius 1 is 0.886 bits per heavy atom. The zero-order chi connectivity index (χ0) is 24.4. The average Bonchev–Trinajstić information content (AvgIpc) is 3.27. The first-order valence-electron chi connectivity index (χ1n) is 11.1. The zero-order valence-electron chi connectivity index (χ0n) is 19.4. The molecule has 0 saturated carbocycles. The van der Waals surface area contributed by atoms with Crippen molar-refractivity contribution in [3.05, 3.63) is 102 Å². The van der Waals surface area contributed by atoms with Crippen molar-refractivity contribution < 1.29 is 19.1 Å². The van der Waals surface area contributed by atoms with Crippen molar-refractivity contribution >= 4 is 23.2 Å². The fourth-order valence-electron chi connectivity index (χ4n) is 4.26. The molecule has 1 aliphatic rings. The minimum Gasteiger partial charge on any atom is -0.496 e. The lowest BCUT2D eigenvalue weighted by Crippen LogP contribution is -2.30. The van der Waals surface area contributed by atoms with Crippen molar-refractivity contribution in [1.82, 2.24) is 9.55 Å². The molecule has 8 nitrogen and oxygen atoms in total. The van der Waals surface area contributed by atoms with Crippen LogP contribution in [0, 0.1) is 0 Å². The highest BCUT2D eigenvalue weighted by atomic mass is 16.5. The van der Waals surface area contributed by atoms with Gasteiger partial charge in [0.1, 0.15) is 22.9 Å². The van der Waals surface area contributed by atoms with Crippen molar-refractivity contribution in [3.8, 4) is 11.5 Å². The molecule has 8 heteroatoms. The van der Waals surface area contributed by atoms with E-state index in [0.717, 1.165) is 17.1 Å². The van der Waals surface area contributed by atoms with Crippen molar-refractivity contribution in [2.75, 3.05) is 24.4 Å². The molecule has 0 saturated heterocycles. The third-order valence-electron chi connectivity index (χ3n) is 6.01. The summed E-state index contributed by atoms with van der Waals surface area (Å²) in [6, 6.07) is 19.8. The number of nitrogens with one attached hydrogen (secondary N) is 1. The van der Waals surface area contributed by atoms with Gasteiger partial charge in [-0.1, -0.05) is 24.3 Å². The number of hydrogen-bond acceptors (Lipinski definition) is 5. The molecule has 1 aromatic heterocycles. The van der Waals surface area contributed by atoms with Crippen molar-refractivity contribution in [3.63, 3.8) is 0 Å². The molecular weight excluding hydrogens is 444 g/mol. The first-order valence-corrected chi connectivity index (χ1v) is 11.1. The summed E-state index contributed by atoms with van der Waals surface area (Å²) in [6.07, 6.45) is 3.68. The van der Waals surface area contributed by atoms with Crippen LogP contribution in [0.15, 0.2) is 79.1 Å². The summed E-state index contributed by atoms with van der Waals surface area (Å²) in [5.74, 6) is 1.13. The summed E-state index contributed by atoms with van der Waals surface area (Å²) in [5.41, 5.74) is 3.27. The summed E-state index contributed by atoms with van der Waals surface area (Å²) in [6.45, 7) is 1.03.